The van der Waals surface area contributed by atoms with Crippen molar-refractivity contribution >= 4 is 5.91 Å². The van der Waals surface area contributed by atoms with E-state index in [4.69, 9.17) is 4.74 Å². The van der Waals surface area contributed by atoms with Crippen molar-refractivity contribution in [1.82, 2.24) is 4.90 Å². The third-order valence-corrected chi connectivity index (χ3v) is 3.82. The average molecular weight is 261 g/mol. The van der Waals surface area contributed by atoms with Gasteiger partial charge in [0.2, 0.25) is 5.91 Å². The second kappa shape index (κ2) is 7.29. The van der Waals surface area contributed by atoms with Crippen LogP contribution in [0.1, 0.15) is 24.8 Å². The van der Waals surface area contributed by atoms with E-state index < -0.39 is 0 Å². The summed E-state index contributed by atoms with van der Waals surface area (Å²) in [6, 6.07) is 10.6. The minimum atomic E-state index is 0.131. The van der Waals surface area contributed by atoms with Crippen molar-refractivity contribution in [3.8, 4) is 0 Å². The predicted octanol–water partition coefficient (Wildman–Crippen LogP) is 2.50. The van der Waals surface area contributed by atoms with Gasteiger partial charge in [0.25, 0.3) is 0 Å². The molecule has 0 spiro atoms. The first kappa shape index (κ1) is 14.1. The SMILES string of the molecule is COCC(=O)N1CCC[C@H](CCc2ccccc2)C1. The van der Waals surface area contributed by atoms with Crippen molar-refractivity contribution < 1.29 is 9.53 Å². The molecule has 0 N–H and O–H groups in total. The number of rotatable bonds is 5. The van der Waals surface area contributed by atoms with Gasteiger partial charge in [-0.25, -0.2) is 0 Å². The van der Waals surface area contributed by atoms with Crippen LogP contribution in [-0.4, -0.2) is 37.6 Å². The molecule has 3 nitrogen and oxygen atoms in total. The number of carbonyl (C=O) groups excluding carboxylic acids is 1. The molecule has 0 aliphatic carbocycles. The number of likely N-dealkylation sites (tertiary alicyclic amines) is 1. The summed E-state index contributed by atoms with van der Waals surface area (Å²) in [4.78, 5) is 13.8. The summed E-state index contributed by atoms with van der Waals surface area (Å²) in [6.07, 6.45) is 4.64. The molecular weight excluding hydrogens is 238 g/mol. The highest BCUT2D eigenvalue weighted by atomic mass is 16.5. The van der Waals surface area contributed by atoms with Crippen LogP contribution in [0, 0.1) is 5.92 Å². The fraction of sp³-hybridized carbons (Fsp3) is 0.562. The summed E-state index contributed by atoms with van der Waals surface area (Å²) in [5, 5.41) is 0. The van der Waals surface area contributed by atoms with Gasteiger partial charge in [0, 0.05) is 20.2 Å². The number of nitrogens with zero attached hydrogens (tertiary/aromatic N) is 1. The summed E-state index contributed by atoms with van der Waals surface area (Å²) in [5.74, 6) is 0.765. The van der Waals surface area contributed by atoms with E-state index in [-0.39, 0.29) is 12.5 Å². The molecule has 104 valence electrons. The van der Waals surface area contributed by atoms with Gasteiger partial charge in [0.1, 0.15) is 6.61 Å². The quantitative estimate of drug-likeness (QED) is 0.815. The minimum Gasteiger partial charge on any atom is -0.375 e. The van der Waals surface area contributed by atoms with Crippen molar-refractivity contribution in [2.75, 3.05) is 26.8 Å². The molecule has 0 saturated carbocycles. The Morgan fingerprint density at radius 3 is 2.89 bits per heavy atom. The Labute approximate surface area is 115 Å². The summed E-state index contributed by atoms with van der Waals surface area (Å²) < 4.78 is 4.93. The van der Waals surface area contributed by atoms with Crippen LogP contribution >= 0.6 is 0 Å². The molecule has 2 rings (SSSR count). The maximum Gasteiger partial charge on any atom is 0.248 e. The topological polar surface area (TPSA) is 29.5 Å². The molecule has 1 atom stereocenters. The lowest BCUT2D eigenvalue weighted by molar-refractivity contribution is -0.137. The van der Waals surface area contributed by atoms with Crippen LogP contribution in [0.15, 0.2) is 30.3 Å². The fourth-order valence-corrected chi connectivity index (χ4v) is 2.76. The number of aryl methyl sites for hydroxylation is 1. The zero-order valence-electron chi connectivity index (χ0n) is 11.7. The van der Waals surface area contributed by atoms with E-state index in [1.165, 1.54) is 18.4 Å². The first-order valence-electron chi connectivity index (χ1n) is 7.10. The summed E-state index contributed by atoms with van der Waals surface area (Å²) >= 11 is 0. The van der Waals surface area contributed by atoms with Crippen molar-refractivity contribution in [2.24, 2.45) is 5.92 Å². The van der Waals surface area contributed by atoms with E-state index in [1.807, 2.05) is 4.90 Å². The molecular formula is C16H23NO2. The monoisotopic (exact) mass is 261 g/mol. The van der Waals surface area contributed by atoms with Crippen LogP contribution in [0.5, 0.6) is 0 Å². The highest BCUT2D eigenvalue weighted by Crippen LogP contribution is 2.21. The van der Waals surface area contributed by atoms with Gasteiger partial charge < -0.3 is 9.64 Å². The Bertz CT molecular complexity index is 391. The molecule has 1 amide bonds. The normalized spacial score (nSPS) is 19.4. The molecule has 3 heteroatoms. The lowest BCUT2D eigenvalue weighted by atomic mass is 9.91. The van der Waals surface area contributed by atoms with Gasteiger partial charge in [-0.1, -0.05) is 30.3 Å². The van der Waals surface area contributed by atoms with E-state index in [0.717, 1.165) is 25.9 Å². The zero-order valence-corrected chi connectivity index (χ0v) is 11.7. The maximum atomic E-state index is 11.8. The largest absolute Gasteiger partial charge is 0.375 e. The number of methoxy groups -OCH3 is 1. The van der Waals surface area contributed by atoms with Gasteiger partial charge in [-0.2, -0.15) is 0 Å². The Morgan fingerprint density at radius 2 is 2.16 bits per heavy atom. The van der Waals surface area contributed by atoms with E-state index in [9.17, 15) is 4.79 Å². The highest BCUT2D eigenvalue weighted by Gasteiger charge is 2.23. The van der Waals surface area contributed by atoms with Crippen LogP contribution < -0.4 is 0 Å². The molecule has 0 radical (unpaired) electrons. The number of ether oxygens (including phenoxy) is 1. The van der Waals surface area contributed by atoms with Gasteiger partial charge >= 0.3 is 0 Å². The molecule has 1 aromatic carbocycles. The van der Waals surface area contributed by atoms with Gasteiger partial charge in [-0.05, 0) is 37.2 Å². The molecule has 1 fully saturated rings. The molecule has 0 aromatic heterocycles. The van der Waals surface area contributed by atoms with E-state index in [1.54, 1.807) is 7.11 Å². The van der Waals surface area contributed by atoms with E-state index >= 15 is 0 Å². The predicted molar refractivity (Wildman–Crippen MR) is 75.9 cm³/mol. The third-order valence-electron chi connectivity index (χ3n) is 3.82. The number of benzene rings is 1. The van der Waals surface area contributed by atoms with Crippen LogP contribution in [0.25, 0.3) is 0 Å². The van der Waals surface area contributed by atoms with Gasteiger partial charge in [-0.3, -0.25) is 4.79 Å². The Balaban J connectivity index is 1.79. The van der Waals surface area contributed by atoms with Crippen molar-refractivity contribution in [1.29, 1.82) is 0 Å². The van der Waals surface area contributed by atoms with Crippen molar-refractivity contribution in [3.63, 3.8) is 0 Å². The Hall–Kier alpha value is -1.35. The zero-order chi connectivity index (χ0) is 13.5. The molecule has 1 saturated heterocycles. The second-order valence-electron chi connectivity index (χ2n) is 5.31. The van der Waals surface area contributed by atoms with Gasteiger partial charge in [0.05, 0.1) is 0 Å². The lowest BCUT2D eigenvalue weighted by Crippen LogP contribution is -2.41. The van der Waals surface area contributed by atoms with Crippen LogP contribution in [-0.2, 0) is 16.0 Å². The molecule has 19 heavy (non-hydrogen) atoms. The second-order valence-corrected chi connectivity index (χ2v) is 5.31. The number of piperidine rings is 1. The fourth-order valence-electron chi connectivity index (χ4n) is 2.76. The highest BCUT2D eigenvalue weighted by molar-refractivity contribution is 5.77. The Morgan fingerprint density at radius 1 is 1.37 bits per heavy atom. The number of amides is 1. The number of carbonyl (C=O) groups is 1. The molecule has 1 heterocycles. The smallest absolute Gasteiger partial charge is 0.248 e. The standard InChI is InChI=1S/C16H23NO2/c1-19-13-16(18)17-11-5-8-15(12-17)10-9-14-6-3-2-4-7-14/h2-4,6-7,15H,5,8-13H2,1H3/t15-/m1/s1. The first-order chi connectivity index (χ1) is 9.29. The third kappa shape index (κ3) is 4.35. The van der Waals surface area contributed by atoms with Crippen molar-refractivity contribution in [2.45, 2.75) is 25.7 Å². The van der Waals surface area contributed by atoms with Gasteiger partial charge in [-0.15, -0.1) is 0 Å². The maximum absolute atomic E-state index is 11.8. The van der Waals surface area contributed by atoms with E-state index in [2.05, 4.69) is 30.3 Å². The average Bonchev–Trinajstić information content (AvgIpc) is 2.47. The Kier molecular flexibility index (Phi) is 5.40. The van der Waals surface area contributed by atoms with Crippen LogP contribution in [0.3, 0.4) is 0 Å². The molecule has 1 aliphatic rings. The summed E-state index contributed by atoms with van der Waals surface area (Å²) in [6.45, 7) is 2.00. The van der Waals surface area contributed by atoms with E-state index in [0.29, 0.717) is 5.92 Å². The number of hydrogen-bond donors (Lipinski definition) is 0. The lowest BCUT2D eigenvalue weighted by Gasteiger charge is -2.32. The van der Waals surface area contributed by atoms with Crippen LogP contribution in [0.4, 0.5) is 0 Å². The molecule has 1 aliphatic heterocycles. The first-order valence-corrected chi connectivity index (χ1v) is 7.10. The van der Waals surface area contributed by atoms with Gasteiger partial charge in [0.15, 0.2) is 0 Å². The molecule has 0 bridgehead atoms. The molecule has 1 aromatic rings. The molecule has 0 unspecified atom stereocenters. The summed E-state index contributed by atoms with van der Waals surface area (Å²) in [7, 11) is 1.58. The minimum absolute atomic E-state index is 0.131. The van der Waals surface area contributed by atoms with Crippen LogP contribution in [0.2, 0.25) is 0 Å². The summed E-state index contributed by atoms with van der Waals surface area (Å²) in [5.41, 5.74) is 1.39. The number of hydrogen-bond acceptors (Lipinski definition) is 2. The van der Waals surface area contributed by atoms with Crippen molar-refractivity contribution in [3.05, 3.63) is 35.9 Å².